The summed E-state index contributed by atoms with van der Waals surface area (Å²) < 4.78 is 26.0. The molecule has 3 rings (SSSR count). The van der Waals surface area contributed by atoms with Gasteiger partial charge in [-0.15, -0.1) is 0 Å². The molecule has 0 aliphatic carbocycles. The number of hydrogen-bond donors (Lipinski definition) is 0. The first kappa shape index (κ1) is 16.9. The summed E-state index contributed by atoms with van der Waals surface area (Å²) in [6.45, 7) is 6.46. The number of hydrogen-bond acceptors (Lipinski definition) is 3. The van der Waals surface area contributed by atoms with Gasteiger partial charge < -0.3 is 4.90 Å². The predicted molar refractivity (Wildman–Crippen MR) is 93.9 cm³/mol. The van der Waals surface area contributed by atoms with Gasteiger partial charge in [-0.1, -0.05) is 30.3 Å². The van der Waals surface area contributed by atoms with Gasteiger partial charge in [-0.3, -0.25) is 0 Å². The maximum absolute atomic E-state index is 12.1. The molecule has 1 spiro atoms. The fourth-order valence-corrected chi connectivity index (χ4v) is 5.29. The van der Waals surface area contributed by atoms with Crippen molar-refractivity contribution < 1.29 is 8.42 Å². The molecule has 0 saturated carbocycles. The summed E-state index contributed by atoms with van der Waals surface area (Å²) in [7, 11) is -3.03. The molecule has 0 unspecified atom stereocenters. The number of piperidine rings is 1. The van der Waals surface area contributed by atoms with Crippen LogP contribution in [-0.2, 0) is 16.4 Å². The Hall–Kier alpha value is -0.910. The van der Waals surface area contributed by atoms with Crippen molar-refractivity contribution in [3.63, 3.8) is 0 Å². The molecular formula is C18H28N2O2S. The molecule has 2 saturated heterocycles. The molecule has 2 aliphatic heterocycles. The minimum Gasteiger partial charge on any atom is -0.302 e. The van der Waals surface area contributed by atoms with Gasteiger partial charge in [-0.05, 0) is 50.1 Å². The van der Waals surface area contributed by atoms with Crippen molar-refractivity contribution in [3.05, 3.63) is 35.9 Å². The third-order valence-corrected chi connectivity index (χ3v) is 7.29. The van der Waals surface area contributed by atoms with E-state index in [1.54, 1.807) is 11.2 Å². The Morgan fingerprint density at radius 2 is 1.87 bits per heavy atom. The zero-order valence-corrected chi connectivity index (χ0v) is 14.9. The monoisotopic (exact) mass is 336 g/mol. The van der Waals surface area contributed by atoms with E-state index in [2.05, 4.69) is 35.2 Å². The molecule has 0 amide bonds. The lowest BCUT2D eigenvalue weighted by Gasteiger charge is -2.40. The smallest absolute Gasteiger partial charge is 0.213 e. The van der Waals surface area contributed by atoms with E-state index in [-0.39, 0.29) is 11.2 Å². The van der Waals surface area contributed by atoms with Crippen molar-refractivity contribution >= 4 is 10.0 Å². The zero-order valence-electron chi connectivity index (χ0n) is 14.1. The molecule has 0 radical (unpaired) electrons. The maximum Gasteiger partial charge on any atom is 0.213 e. The average molecular weight is 337 g/mol. The van der Waals surface area contributed by atoms with Crippen LogP contribution < -0.4 is 0 Å². The lowest BCUT2D eigenvalue weighted by atomic mass is 9.79. The van der Waals surface area contributed by atoms with Crippen molar-refractivity contribution in [2.24, 2.45) is 5.41 Å². The number of sulfonamides is 1. The van der Waals surface area contributed by atoms with Gasteiger partial charge in [0, 0.05) is 26.2 Å². The van der Waals surface area contributed by atoms with Crippen LogP contribution in [0, 0.1) is 5.41 Å². The first-order valence-electron chi connectivity index (χ1n) is 8.77. The van der Waals surface area contributed by atoms with E-state index in [0.29, 0.717) is 6.54 Å². The van der Waals surface area contributed by atoms with Crippen LogP contribution in [0.4, 0.5) is 0 Å². The molecule has 2 aliphatic rings. The fourth-order valence-electron chi connectivity index (χ4n) is 4.08. The number of benzene rings is 1. The molecule has 128 valence electrons. The van der Waals surface area contributed by atoms with E-state index in [4.69, 9.17) is 0 Å². The molecular weight excluding hydrogens is 308 g/mol. The Bertz CT molecular complexity index is 617. The highest BCUT2D eigenvalue weighted by Gasteiger charge is 2.44. The van der Waals surface area contributed by atoms with Crippen LogP contribution in [-0.4, -0.2) is 56.1 Å². The van der Waals surface area contributed by atoms with Crippen LogP contribution in [0.2, 0.25) is 0 Å². The van der Waals surface area contributed by atoms with E-state index >= 15 is 0 Å². The van der Waals surface area contributed by atoms with Gasteiger partial charge in [-0.25, -0.2) is 12.7 Å². The molecule has 0 bridgehead atoms. The topological polar surface area (TPSA) is 40.6 Å². The van der Waals surface area contributed by atoms with Crippen LogP contribution in [0.5, 0.6) is 0 Å². The van der Waals surface area contributed by atoms with Crippen LogP contribution in [0.15, 0.2) is 30.3 Å². The predicted octanol–water partition coefficient (Wildman–Crippen LogP) is 2.37. The minimum absolute atomic E-state index is 0.192. The van der Waals surface area contributed by atoms with E-state index in [1.807, 2.05) is 0 Å². The Morgan fingerprint density at radius 3 is 2.61 bits per heavy atom. The molecule has 23 heavy (non-hydrogen) atoms. The Kier molecular flexibility index (Phi) is 5.09. The second-order valence-electron chi connectivity index (χ2n) is 7.10. The summed E-state index contributed by atoms with van der Waals surface area (Å²) in [4.78, 5) is 2.54. The van der Waals surface area contributed by atoms with Crippen LogP contribution >= 0.6 is 0 Å². The molecule has 4 nitrogen and oxygen atoms in total. The first-order valence-corrected chi connectivity index (χ1v) is 10.4. The molecule has 2 fully saturated rings. The summed E-state index contributed by atoms with van der Waals surface area (Å²) in [5, 5.41) is 0. The molecule has 0 aromatic heterocycles. The molecule has 1 atom stereocenters. The largest absolute Gasteiger partial charge is 0.302 e. The van der Waals surface area contributed by atoms with Crippen LogP contribution in [0.3, 0.4) is 0 Å². The maximum atomic E-state index is 12.1. The van der Waals surface area contributed by atoms with Gasteiger partial charge >= 0.3 is 0 Å². The Balaban J connectivity index is 1.58. The lowest BCUT2D eigenvalue weighted by Crippen LogP contribution is -2.46. The van der Waals surface area contributed by atoms with Crippen molar-refractivity contribution in [1.82, 2.24) is 9.21 Å². The van der Waals surface area contributed by atoms with Gasteiger partial charge in [0.2, 0.25) is 10.0 Å². The summed E-state index contributed by atoms with van der Waals surface area (Å²) in [6, 6.07) is 10.6. The fraction of sp³-hybridized carbons (Fsp3) is 0.667. The van der Waals surface area contributed by atoms with Crippen molar-refractivity contribution in [2.75, 3.05) is 38.5 Å². The molecule has 5 heteroatoms. The van der Waals surface area contributed by atoms with E-state index in [1.165, 1.54) is 18.4 Å². The molecule has 1 aromatic rings. The Morgan fingerprint density at radius 1 is 1.09 bits per heavy atom. The van der Waals surface area contributed by atoms with Crippen LogP contribution in [0.25, 0.3) is 0 Å². The summed E-state index contributed by atoms with van der Waals surface area (Å²) in [5.41, 5.74) is 1.57. The third kappa shape index (κ3) is 3.95. The number of likely N-dealkylation sites (tertiary alicyclic amines) is 1. The summed E-state index contributed by atoms with van der Waals surface area (Å²) in [6.07, 6.45) is 4.46. The quantitative estimate of drug-likeness (QED) is 0.829. The highest BCUT2D eigenvalue weighted by molar-refractivity contribution is 7.89. The van der Waals surface area contributed by atoms with Crippen molar-refractivity contribution in [2.45, 2.75) is 32.6 Å². The highest BCUT2D eigenvalue weighted by Crippen LogP contribution is 2.39. The van der Waals surface area contributed by atoms with E-state index in [0.717, 1.165) is 39.0 Å². The second-order valence-corrected chi connectivity index (χ2v) is 9.36. The SMILES string of the molecule is CCS(=O)(=O)N1CC[C@@]2(CCCN(CCc3ccccc3)C2)C1. The van der Waals surface area contributed by atoms with Crippen LogP contribution in [0.1, 0.15) is 31.7 Å². The van der Waals surface area contributed by atoms with Gasteiger partial charge in [-0.2, -0.15) is 0 Å². The van der Waals surface area contributed by atoms with E-state index in [9.17, 15) is 8.42 Å². The van der Waals surface area contributed by atoms with Gasteiger partial charge in [0.15, 0.2) is 0 Å². The lowest BCUT2D eigenvalue weighted by molar-refractivity contribution is 0.100. The summed E-state index contributed by atoms with van der Waals surface area (Å²) in [5.74, 6) is 0.223. The summed E-state index contributed by atoms with van der Waals surface area (Å²) >= 11 is 0. The normalized spacial score (nSPS) is 26.8. The highest BCUT2D eigenvalue weighted by atomic mass is 32.2. The first-order chi connectivity index (χ1) is 11.0. The van der Waals surface area contributed by atoms with E-state index < -0.39 is 10.0 Å². The zero-order chi connectivity index (χ0) is 16.3. The Labute approximate surface area is 140 Å². The van der Waals surface area contributed by atoms with Gasteiger partial charge in [0.1, 0.15) is 0 Å². The second kappa shape index (κ2) is 6.91. The van der Waals surface area contributed by atoms with Gasteiger partial charge in [0.25, 0.3) is 0 Å². The number of nitrogens with zero attached hydrogens (tertiary/aromatic N) is 2. The van der Waals surface area contributed by atoms with Gasteiger partial charge in [0.05, 0.1) is 5.75 Å². The minimum atomic E-state index is -3.03. The van der Waals surface area contributed by atoms with Crippen molar-refractivity contribution in [1.29, 1.82) is 0 Å². The van der Waals surface area contributed by atoms with Crippen molar-refractivity contribution in [3.8, 4) is 0 Å². The number of rotatable bonds is 5. The average Bonchev–Trinajstić information content (AvgIpc) is 2.98. The molecule has 2 heterocycles. The third-order valence-electron chi connectivity index (χ3n) is 5.46. The molecule has 0 N–H and O–H groups in total. The molecule has 1 aromatic carbocycles. The standard InChI is InChI=1S/C18H28N2O2S/c1-2-23(21,22)20-14-11-18(16-20)10-6-12-19(15-18)13-9-17-7-4-3-5-8-17/h3-5,7-8H,2,6,9-16H2,1H3/t18-/m1/s1.